The molecule has 1 aliphatic heterocycles. The Morgan fingerprint density at radius 3 is 2.89 bits per heavy atom. The van der Waals surface area contributed by atoms with E-state index in [9.17, 15) is 5.11 Å². The van der Waals surface area contributed by atoms with E-state index in [2.05, 4.69) is 0 Å². The van der Waals surface area contributed by atoms with E-state index in [1.807, 2.05) is 40.9 Å². The summed E-state index contributed by atoms with van der Waals surface area (Å²) in [5.41, 5.74) is 1.79. The van der Waals surface area contributed by atoms with Crippen molar-refractivity contribution >= 4 is 29.0 Å². The molecule has 0 saturated heterocycles. The molecule has 0 amide bonds. The van der Waals surface area contributed by atoms with Crippen molar-refractivity contribution in [2.45, 2.75) is 9.79 Å². The molecule has 0 bridgehead atoms. The summed E-state index contributed by atoms with van der Waals surface area (Å²) >= 11 is 7.93. The Morgan fingerprint density at radius 2 is 2.00 bits per heavy atom. The highest BCUT2D eigenvalue weighted by Gasteiger charge is 2.31. The summed E-state index contributed by atoms with van der Waals surface area (Å²) in [6, 6.07) is 9.78. The lowest BCUT2D eigenvalue weighted by Crippen LogP contribution is -2.20. The van der Waals surface area contributed by atoms with Gasteiger partial charge in [-0.1, -0.05) is 29.4 Å². The molecule has 0 radical (unpaired) electrons. The molecule has 1 N–H and O–H groups in total. The SMILES string of the molecule is Oc1c[n+]2cccc3c2n1-c1c(Cl)cccc1S3. The number of aromatic nitrogens is 2. The van der Waals surface area contributed by atoms with Crippen molar-refractivity contribution in [2.24, 2.45) is 0 Å². The molecule has 1 aromatic carbocycles. The number of halogens is 1. The van der Waals surface area contributed by atoms with Gasteiger partial charge >= 0.3 is 11.5 Å². The zero-order chi connectivity index (χ0) is 12.3. The van der Waals surface area contributed by atoms with E-state index in [0.29, 0.717) is 5.02 Å². The standard InChI is InChI=1S/C13H7ClN2OS/c14-8-3-1-4-9-12(8)16-11(17)7-15-6-2-5-10(18-9)13(15)16/h1-7H/p+1. The van der Waals surface area contributed by atoms with Crippen LogP contribution in [0.4, 0.5) is 0 Å². The van der Waals surface area contributed by atoms with Gasteiger partial charge in [-0.2, -0.15) is 8.97 Å². The molecular weight excluding hydrogens is 268 g/mol. The fraction of sp³-hybridized carbons (Fsp3) is 0. The van der Waals surface area contributed by atoms with Crippen LogP contribution in [0.5, 0.6) is 5.88 Å². The maximum Gasteiger partial charge on any atom is 0.328 e. The summed E-state index contributed by atoms with van der Waals surface area (Å²) in [7, 11) is 0. The minimum Gasteiger partial charge on any atom is -0.475 e. The van der Waals surface area contributed by atoms with E-state index < -0.39 is 0 Å². The molecule has 88 valence electrons. The summed E-state index contributed by atoms with van der Waals surface area (Å²) in [6.07, 6.45) is 3.61. The average molecular weight is 276 g/mol. The number of hydrogen-bond acceptors (Lipinski definition) is 2. The second-order valence-corrected chi connectivity index (χ2v) is 5.61. The first-order valence-corrected chi connectivity index (χ1v) is 6.66. The van der Waals surface area contributed by atoms with Gasteiger partial charge in [0.1, 0.15) is 4.90 Å². The maximum absolute atomic E-state index is 10.1. The van der Waals surface area contributed by atoms with Gasteiger partial charge in [0.15, 0.2) is 11.9 Å². The molecule has 2 aromatic heterocycles. The lowest BCUT2D eigenvalue weighted by atomic mass is 10.3. The van der Waals surface area contributed by atoms with Crippen LogP contribution >= 0.6 is 23.4 Å². The molecule has 0 saturated carbocycles. The largest absolute Gasteiger partial charge is 0.475 e. The first kappa shape index (κ1) is 10.3. The normalized spacial score (nSPS) is 12.7. The van der Waals surface area contributed by atoms with Crippen LogP contribution in [-0.4, -0.2) is 9.67 Å². The third-order valence-corrected chi connectivity index (χ3v) is 4.44. The van der Waals surface area contributed by atoms with Crippen LogP contribution in [0.3, 0.4) is 0 Å². The number of imidazole rings is 1. The summed E-state index contributed by atoms with van der Waals surface area (Å²) in [4.78, 5) is 2.15. The molecule has 4 rings (SSSR count). The molecule has 3 nitrogen and oxygen atoms in total. The van der Waals surface area contributed by atoms with E-state index >= 15 is 0 Å². The van der Waals surface area contributed by atoms with Gasteiger partial charge in [0, 0.05) is 0 Å². The predicted molar refractivity (Wildman–Crippen MR) is 69.7 cm³/mol. The smallest absolute Gasteiger partial charge is 0.328 e. The van der Waals surface area contributed by atoms with E-state index in [4.69, 9.17) is 11.6 Å². The van der Waals surface area contributed by atoms with Crippen molar-refractivity contribution in [2.75, 3.05) is 0 Å². The molecular formula is C13H8ClN2OS+. The summed E-state index contributed by atoms with van der Waals surface area (Å²) in [5.74, 6) is 0.192. The Labute approximate surface area is 112 Å². The lowest BCUT2D eigenvalue weighted by Gasteiger charge is -2.13. The van der Waals surface area contributed by atoms with Crippen LogP contribution in [0.1, 0.15) is 0 Å². The number of benzene rings is 1. The summed E-state index contributed by atoms with van der Waals surface area (Å²) in [5, 5.41) is 10.8. The van der Waals surface area contributed by atoms with E-state index in [0.717, 1.165) is 21.1 Å². The number of nitrogens with zero attached hydrogens (tertiary/aromatic N) is 2. The Balaban J connectivity index is 2.24. The van der Waals surface area contributed by atoms with Gasteiger partial charge in [0.2, 0.25) is 0 Å². The van der Waals surface area contributed by atoms with Crippen molar-refractivity contribution in [1.82, 2.24) is 4.57 Å². The molecule has 0 fully saturated rings. The fourth-order valence-corrected chi connectivity index (χ4v) is 3.76. The van der Waals surface area contributed by atoms with Gasteiger partial charge < -0.3 is 5.11 Å². The highest BCUT2D eigenvalue weighted by Crippen LogP contribution is 2.44. The minimum atomic E-state index is 0.192. The van der Waals surface area contributed by atoms with E-state index in [-0.39, 0.29) is 5.88 Å². The first-order valence-electron chi connectivity index (χ1n) is 5.47. The maximum atomic E-state index is 10.1. The quantitative estimate of drug-likeness (QED) is 0.500. The van der Waals surface area contributed by atoms with Gasteiger partial charge in [0.05, 0.1) is 16.1 Å². The molecule has 0 aliphatic carbocycles. The third kappa shape index (κ3) is 1.19. The number of para-hydroxylation sites is 1. The highest BCUT2D eigenvalue weighted by molar-refractivity contribution is 7.99. The van der Waals surface area contributed by atoms with Gasteiger partial charge in [-0.15, -0.1) is 0 Å². The molecule has 5 heteroatoms. The van der Waals surface area contributed by atoms with Crippen LogP contribution in [0.2, 0.25) is 5.02 Å². The zero-order valence-corrected chi connectivity index (χ0v) is 10.7. The summed E-state index contributed by atoms with van der Waals surface area (Å²) in [6.45, 7) is 0. The van der Waals surface area contributed by atoms with Crippen molar-refractivity contribution < 1.29 is 9.51 Å². The van der Waals surface area contributed by atoms with Gasteiger partial charge in [0.25, 0.3) is 0 Å². The molecule has 18 heavy (non-hydrogen) atoms. The Bertz CT molecular complexity index is 797. The number of pyridine rings is 1. The number of aromatic hydroxyl groups is 1. The molecule has 1 aliphatic rings. The Morgan fingerprint density at radius 1 is 1.17 bits per heavy atom. The first-order chi connectivity index (χ1) is 8.75. The summed E-state index contributed by atoms with van der Waals surface area (Å²) < 4.78 is 3.70. The zero-order valence-electron chi connectivity index (χ0n) is 9.17. The third-order valence-electron chi connectivity index (χ3n) is 3.05. The average Bonchev–Trinajstić information content (AvgIpc) is 2.69. The fourth-order valence-electron chi connectivity index (χ4n) is 2.33. The second-order valence-electron chi connectivity index (χ2n) is 4.11. The lowest BCUT2D eigenvalue weighted by molar-refractivity contribution is -0.512. The van der Waals surface area contributed by atoms with E-state index in [1.165, 1.54) is 0 Å². The van der Waals surface area contributed by atoms with Crippen molar-refractivity contribution in [3.8, 4) is 11.6 Å². The molecule has 3 aromatic rings. The van der Waals surface area contributed by atoms with Gasteiger partial charge in [-0.25, -0.2) is 0 Å². The van der Waals surface area contributed by atoms with Crippen molar-refractivity contribution in [3.05, 3.63) is 47.7 Å². The number of hydrogen-bond donors (Lipinski definition) is 1. The number of fused-ring (bicyclic) bond motifs is 2. The van der Waals surface area contributed by atoms with Crippen molar-refractivity contribution in [1.29, 1.82) is 0 Å². The highest BCUT2D eigenvalue weighted by atomic mass is 35.5. The minimum absolute atomic E-state index is 0.192. The molecule has 0 spiro atoms. The Hall–Kier alpha value is -1.65. The Kier molecular flexibility index (Phi) is 1.96. The van der Waals surface area contributed by atoms with Crippen LogP contribution < -0.4 is 4.40 Å². The van der Waals surface area contributed by atoms with Crippen molar-refractivity contribution in [3.63, 3.8) is 0 Å². The molecule has 3 heterocycles. The van der Waals surface area contributed by atoms with E-state index in [1.54, 1.807) is 22.5 Å². The van der Waals surface area contributed by atoms with Crippen LogP contribution in [-0.2, 0) is 0 Å². The van der Waals surface area contributed by atoms with Gasteiger partial charge in [-0.05, 0) is 24.3 Å². The molecule has 0 unspecified atom stereocenters. The van der Waals surface area contributed by atoms with Crippen LogP contribution in [0, 0.1) is 0 Å². The number of rotatable bonds is 0. The topological polar surface area (TPSA) is 29.3 Å². The van der Waals surface area contributed by atoms with Gasteiger partial charge in [-0.3, -0.25) is 0 Å². The predicted octanol–water partition coefficient (Wildman–Crippen LogP) is 3.04. The second kappa shape index (κ2) is 3.43. The monoisotopic (exact) mass is 275 g/mol. The van der Waals surface area contributed by atoms with Crippen LogP contribution in [0.15, 0.2) is 52.5 Å². The van der Waals surface area contributed by atoms with Crippen LogP contribution in [0.25, 0.3) is 11.3 Å². The molecule has 0 atom stereocenters.